The van der Waals surface area contributed by atoms with Crippen LogP contribution in [0.5, 0.6) is 0 Å². The third-order valence-corrected chi connectivity index (χ3v) is 4.84. The second kappa shape index (κ2) is 5.99. The molecule has 5 atom stereocenters. The molecule has 2 amide bonds. The summed E-state index contributed by atoms with van der Waals surface area (Å²) in [6.45, 7) is 4.41. The molecule has 2 fully saturated rings. The van der Waals surface area contributed by atoms with Crippen LogP contribution in [0.4, 0.5) is 4.79 Å². The van der Waals surface area contributed by atoms with E-state index in [1.807, 2.05) is 0 Å². The molecule has 20 heavy (non-hydrogen) atoms. The van der Waals surface area contributed by atoms with E-state index in [9.17, 15) is 14.7 Å². The van der Waals surface area contributed by atoms with Gasteiger partial charge in [-0.25, -0.2) is 9.59 Å². The van der Waals surface area contributed by atoms with Crippen molar-refractivity contribution in [1.82, 2.24) is 10.2 Å². The number of aliphatic hydroxyl groups excluding tert-OH is 1. The second-order valence-electron chi connectivity index (χ2n) is 6.22. The maximum absolute atomic E-state index is 12.3. The van der Waals surface area contributed by atoms with Gasteiger partial charge < -0.3 is 20.4 Å². The summed E-state index contributed by atoms with van der Waals surface area (Å²) in [6.07, 6.45) is 2.56. The molecule has 5 unspecified atom stereocenters. The number of carboxylic acids is 1. The molecule has 6 nitrogen and oxygen atoms in total. The lowest BCUT2D eigenvalue weighted by Crippen LogP contribution is -2.52. The number of aliphatic carboxylic acids is 1. The summed E-state index contributed by atoms with van der Waals surface area (Å²) < 4.78 is 0. The summed E-state index contributed by atoms with van der Waals surface area (Å²) in [5.41, 5.74) is 0. The number of carbonyl (C=O) groups is 2. The lowest BCUT2D eigenvalue weighted by molar-refractivity contribution is -0.141. The van der Waals surface area contributed by atoms with Crippen molar-refractivity contribution in [3.63, 3.8) is 0 Å². The van der Waals surface area contributed by atoms with E-state index < -0.39 is 18.1 Å². The average Bonchev–Trinajstić information content (AvgIpc) is 2.77. The van der Waals surface area contributed by atoms with Gasteiger partial charge >= 0.3 is 12.0 Å². The Morgan fingerprint density at radius 3 is 2.60 bits per heavy atom. The molecule has 6 heteroatoms. The Morgan fingerprint density at radius 2 is 1.95 bits per heavy atom. The monoisotopic (exact) mass is 284 g/mol. The van der Waals surface area contributed by atoms with E-state index in [1.165, 1.54) is 11.3 Å². The zero-order valence-corrected chi connectivity index (χ0v) is 12.1. The van der Waals surface area contributed by atoms with Crippen LogP contribution in [0.25, 0.3) is 0 Å². The Labute approximate surface area is 119 Å². The molecule has 0 aromatic rings. The topological polar surface area (TPSA) is 89.9 Å². The fourth-order valence-electron chi connectivity index (χ4n) is 3.30. The molecule has 1 saturated heterocycles. The van der Waals surface area contributed by atoms with Crippen molar-refractivity contribution < 1.29 is 19.8 Å². The molecular formula is C14H24N2O4. The summed E-state index contributed by atoms with van der Waals surface area (Å²) in [5, 5.41) is 21.7. The van der Waals surface area contributed by atoms with Crippen LogP contribution in [0.3, 0.4) is 0 Å². The highest BCUT2D eigenvalue weighted by molar-refractivity contribution is 5.83. The van der Waals surface area contributed by atoms with E-state index in [0.717, 1.165) is 12.8 Å². The highest BCUT2D eigenvalue weighted by Crippen LogP contribution is 2.30. The van der Waals surface area contributed by atoms with Crippen molar-refractivity contribution in [3.8, 4) is 0 Å². The van der Waals surface area contributed by atoms with Gasteiger partial charge in [-0.05, 0) is 18.3 Å². The number of aliphatic hydroxyl groups is 1. The van der Waals surface area contributed by atoms with E-state index in [-0.39, 0.29) is 25.0 Å². The van der Waals surface area contributed by atoms with Crippen LogP contribution in [-0.4, -0.2) is 51.8 Å². The second-order valence-corrected chi connectivity index (χ2v) is 6.22. The van der Waals surface area contributed by atoms with E-state index >= 15 is 0 Å². The van der Waals surface area contributed by atoms with Gasteiger partial charge in [-0.2, -0.15) is 0 Å². The minimum atomic E-state index is -1.05. The first kappa shape index (κ1) is 15.1. The molecule has 114 valence electrons. The highest BCUT2D eigenvalue weighted by Gasteiger charge is 2.40. The summed E-state index contributed by atoms with van der Waals surface area (Å²) >= 11 is 0. The first-order valence-electron chi connectivity index (χ1n) is 7.38. The number of hydrogen-bond acceptors (Lipinski definition) is 3. The lowest BCUT2D eigenvalue weighted by Gasteiger charge is -2.36. The Morgan fingerprint density at radius 1 is 1.25 bits per heavy atom. The fraction of sp³-hybridized carbons (Fsp3) is 0.857. The standard InChI is InChI=1S/C14H24N2O4/c1-8-4-3-5-11(9(8)2)15-14(20)16-7-10(17)6-12(16)13(18)19/h8-12,17H,3-7H2,1-2H3,(H,15,20)(H,18,19). The average molecular weight is 284 g/mol. The Bertz CT molecular complexity index is 387. The first-order chi connectivity index (χ1) is 9.40. The number of β-amino-alcohol motifs (C(OH)–C–C–N with tert-alkyl or cyclic N) is 1. The van der Waals surface area contributed by atoms with Crippen LogP contribution in [-0.2, 0) is 4.79 Å². The predicted molar refractivity (Wildman–Crippen MR) is 73.3 cm³/mol. The van der Waals surface area contributed by atoms with Crippen LogP contribution in [0, 0.1) is 11.8 Å². The molecule has 2 aliphatic rings. The molecule has 0 spiro atoms. The molecule has 0 aromatic carbocycles. The molecule has 1 heterocycles. The number of likely N-dealkylation sites (tertiary alicyclic amines) is 1. The van der Waals surface area contributed by atoms with Gasteiger partial charge in [-0.15, -0.1) is 0 Å². The molecule has 1 saturated carbocycles. The molecule has 1 aliphatic heterocycles. The van der Waals surface area contributed by atoms with Gasteiger partial charge in [0.25, 0.3) is 0 Å². The maximum atomic E-state index is 12.3. The smallest absolute Gasteiger partial charge is 0.326 e. The van der Waals surface area contributed by atoms with Gasteiger partial charge in [0, 0.05) is 19.0 Å². The quantitative estimate of drug-likeness (QED) is 0.707. The van der Waals surface area contributed by atoms with Crippen molar-refractivity contribution in [2.24, 2.45) is 11.8 Å². The Balaban J connectivity index is 1.98. The summed E-state index contributed by atoms with van der Waals surface area (Å²) in [6, 6.07) is -1.18. The van der Waals surface area contributed by atoms with Crippen LogP contribution >= 0.6 is 0 Å². The van der Waals surface area contributed by atoms with Crippen molar-refractivity contribution >= 4 is 12.0 Å². The molecular weight excluding hydrogens is 260 g/mol. The number of nitrogens with zero attached hydrogens (tertiary/aromatic N) is 1. The van der Waals surface area contributed by atoms with E-state index in [1.54, 1.807) is 0 Å². The minimum absolute atomic E-state index is 0.0958. The van der Waals surface area contributed by atoms with Gasteiger partial charge in [-0.1, -0.05) is 26.7 Å². The molecule has 0 aromatic heterocycles. The predicted octanol–water partition coefficient (Wildman–Crippen LogP) is 1.04. The zero-order valence-electron chi connectivity index (χ0n) is 12.1. The normalized spacial score (nSPS) is 37.8. The van der Waals surface area contributed by atoms with Crippen LogP contribution in [0.15, 0.2) is 0 Å². The summed E-state index contributed by atoms with van der Waals surface area (Å²) in [7, 11) is 0. The van der Waals surface area contributed by atoms with E-state index in [0.29, 0.717) is 11.8 Å². The number of hydrogen-bond donors (Lipinski definition) is 3. The van der Waals surface area contributed by atoms with Crippen molar-refractivity contribution in [2.75, 3.05) is 6.54 Å². The molecule has 1 aliphatic carbocycles. The molecule has 0 bridgehead atoms. The highest BCUT2D eigenvalue weighted by atomic mass is 16.4. The number of urea groups is 1. The number of amides is 2. The van der Waals surface area contributed by atoms with Gasteiger partial charge in [0.2, 0.25) is 0 Å². The summed E-state index contributed by atoms with van der Waals surface area (Å²) in [5.74, 6) is -0.0984. The van der Waals surface area contributed by atoms with Gasteiger partial charge in [0.1, 0.15) is 6.04 Å². The molecule has 0 radical (unpaired) electrons. The zero-order chi connectivity index (χ0) is 14.9. The SMILES string of the molecule is CC1CCCC(NC(=O)N2CC(O)CC2C(=O)O)C1C. The van der Waals surface area contributed by atoms with Crippen LogP contribution in [0.2, 0.25) is 0 Å². The van der Waals surface area contributed by atoms with Crippen molar-refractivity contribution in [3.05, 3.63) is 0 Å². The van der Waals surface area contributed by atoms with Crippen LogP contribution in [0.1, 0.15) is 39.5 Å². The number of nitrogens with one attached hydrogen (secondary N) is 1. The third kappa shape index (κ3) is 3.06. The third-order valence-electron chi connectivity index (χ3n) is 4.84. The number of carboxylic acid groups (broad SMARTS) is 1. The van der Waals surface area contributed by atoms with Crippen molar-refractivity contribution in [1.29, 1.82) is 0 Å². The Hall–Kier alpha value is -1.30. The lowest BCUT2D eigenvalue weighted by atomic mass is 9.78. The number of carbonyl (C=O) groups excluding carboxylic acids is 1. The van der Waals surface area contributed by atoms with Gasteiger partial charge in [0.05, 0.1) is 6.10 Å². The molecule has 3 N–H and O–H groups in total. The van der Waals surface area contributed by atoms with Crippen LogP contribution < -0.4 is 5.32 Å². The maximum Gasteiger partial charge on any atom is 0.326 e. The van der Waals surface area contributed by atoms with Gasteiger partial charge in [0.15, 0.2) is 0 Å². The van der Waals surface area contributed by atoms with Crippen molar-refractivity contribution in [2.45, 2.75) is 57.7 Å². The largest absolute Gasteiger partial charge is 0.480 e. The first-order valence-corrected chi connectivity index (χ1v) is 7.38. The van der Waals surface area contributed by atoms with E-state index in [2.05, 4.69) is 19.2 Å². The number of rotatable bonds is 2. The van der Waals surface area contributed by atoms with Gasteiger partial charge in [-0.3, -0.25) is 0 Å². The minimum Gasteiger partial charge on any atom is -0.480 e. The molecule has 2 rings (SSSR count). The summed E-state index contributed by atoms with van der Waals surface area (Å²) in [4.78, 5) is 24.7. The fourth-order valence-corrected chi connectivity index (χ4v) is 3.30. The Kier molecular flexibility index (Phi) is 4.52. The van der Waals surface area contributed by atoms with E-state index in [4.69, 9.17) is 5.11 Å².